The highest BCUT2D eigenvalue weighted by molar-refractivity contribution is 6.31. The fourth-order valence-electron chi connectivity index (χ4n) is 2.33. The molecule has 5 heteroatoms. The van der Waals surface area contributed by atoms with E-state index in [2.05, 4.69) is 10.3 Å². The fraction of sp³-hybridized carbons (Fsp3) is 0.125. The normalized spacial score (nSPS) is 10.8. The number of rotatable bonds is 3. The summed E-state index contributed by atoms with van der Waals surface area (Å²) in [7, 11) is 0. The second-order valence-corrected chi connectivity index (χ2v) is 5.04. The lowest BCUT2D eigenvalue weighted by Crippen LogP contribution is -2.23. The summed E-state index contributed by atoms with van der Waals surface area (Å²) in [4.78, 5) is 16.6. The zero-order valence-electron chi connectivity index (χ0n) is 11.5. The molecule has 0 aliphatic carbocycles. The number of hydrogen-bond donors (Lipinski definition) is 1. The maximum atomic E-state index is 12.4. The van der Waals surface area contributed by atoms with Gasteiger partial charge in [0, 0.05) is 17.0 Å². The van der Waals surface area contributed by atoms with Crippen LogP contribution in [-0.4, -0.2) is 16.1 Å². The van der Waals surface area contributed by atoms with Gasteiger partial charge >= 0.3 is 5.69 Å². The van der Waals surface area contributed by atoms with Crippen LogP contribution in [0.2, 0.25) is 5.02 Å². The average Bonchev–Trinajstić information content (AvgIpc) is 2.48. The van der Waals surface area contributed by atoms with Gasteiger partial charge in [-0.25, -0.2) is 4.79 Å². The van der Waals surface area contributed by atoms with Gasteiger partial charge in [0.25, 0.3) is 0 Å². The van der Waals surface area contributed by atoms with E-state index >= 15 is 0 Å². The molecule has 1 aromatic heterocycles. The van der Waals surface area contributed by atoms with Gasteiger partial charge in [0.05, 0.1) is 11.2 Å². The molecule has 0 radical (unpaired) electrons. The molecule has 1 N–H and O–H groups in total. The van der Waals surface area contributed by atoms with E-state index < -0.39 is 0 Å². The molecular formula is C16H14ClN3O. The first-order valence-electron chi connectivity index (χ1n) is 6.72. The van der Waals surface area contributed by atoms with Crippen molar-refractivity contribution in [2.24, 2.45) is 0 Å². The van der Waals surface area contributed by atoms with Crippen LogP contribution >= 0.6 is 11.6 Å². The molecule has 3 aromatic rings. The first-order chi connectivity index (χ1) is 10.2. The molecule has 0 amide bonds. The number of para-hydroxylation sites is 1. The Balaban J connectivity index is 2.40. The van der Waals surface area contributed by atoms with Crippen LogP contribution in [0.3, 0.4) is 0 Å². The van der Waals surface area contributed by atoms with E-state index in [1.165, 1.54) is 0 Å². The Morgan fingerprint density at radius 1 is 1.19 bits per heavy atom. The first kappa shape index (κ1) is 13.6. The van der Waals surface area contributed by atoms with Crippen molar-refractivity contribution in [1.29, 1.82) is 0 Å². The zero-order chi connectivity index (χ0) is 14.8. The van der Waals surface area contributed by atoms with Crippen LogP contribution in [-0.2, 0) is 0 Å². The molecule has 0 spiro atoms. The van der Waals surface area contributed by atoms with Gasteiger partial charge in [-0.2, -0.15) is 4.98 Å². The smallest absolute Gasteiger partial charge is 0.354 e. The minimum Gasteiger partial charge on any atom is -0.370 e. The third-order valence-electron chi connectivity index (χ3n) is 3.21. The Bertz CT molecular complexity index is 843. The Morgan fingerprint density at radius 3 is 2.67 bits per heavy atom. The Morgan fingerprint density at radius 2 is 1.95 bits per heavy atom. The molecule has 2 aromatic carbocycles. The van der Waals surface area contributed by atoms with Gasteiger partial charge in [0.2, 0.25) is 0 Å². The number of anilines is 1. The van der Waals surface area contributed by atoms with E-state index in [1.807, 2.05) is 43.3 Å². The van der Waals surface area contributed by atoms with Crippen molar-refractivity contribution in [3.8, 4) is 5.69 Å². The van der Waals surface area contributed by atoms with Gasteiger partial charge in [-0.3, -0.25) is 4.57 Å². The number of halogens is 1. The summed E-state index contributed by atoms with van der Waals surface area (Å²) in [6.07, 6.45) is 0. The Labute approximate surface area is 127 Å². The third-order valence-corrected chi connectivity index (χ3v) is 3.45. The third kappa shape index (κ3) is 2.50. The maximum Gasteiger partial charge on any atom is 0.354 e. The van der Waals surface area contributed by atoms with Crippen LogP contribution in [0.5, 0.6) is 0 Å². The summed E-state index contributed by atoms with van der Waals surface area (Å²) >= 11 is 6.10. The van der Waals surface area contributed by atoms with Crippen LogP contribution in [0.1, 0.15) is 6.92 Å². The molecule has 0 bridgehead atoms. The molecule has 21 heavy (non-hydrogen) atoms. The highest BCUT2D eigenvalue weighted by Gasteiger charge is 2.11. The molecule has 0 unspecified atom stereocenters. The predicted octanol–water partition coefficient (Wildman–Crippen LogP) is 3.47. The maximum absolute atomic E-state index is 12.4. The Kier molecular flexibility index (Phi) is 3.62. The van der Waals surface area contributed by atoms with Crippen molar-refractivity contribution in [3.05, 3.63) is 64.0 Å². The lowest BCUT2D eigenvalue weighted by Gasteiger charge is -2.13. The van der Waals surface area contributed by atoms with Crippen LogP contribution in [0.4, 0.5) is 5.82 Å². The van der Waals surface area contributed by atoms with E-state index in [4.69, 9.17) is 11.6 Å². The van der Waals surface area contributed by atoms with Crippen LogP contribution < -0.4 is 11.0 Å². The van der Waals surface area contributed by atoms with Crippen molar-refractivity contribution in [1.82, 2.24) is 9.55 Å². The molecule has 4 nitrogen and oxygen atoms in total. The van der Waals surface area contributed by atoms with Crippen LogP contribution in [0.25, 0.3) is 16.6 Å². The summed E-state index contributed by atoms with van der Waals surface area (Å²) in [5.74, 6) is 0.585. The second-order valence-electron chi connectivity index (χ2n) is 4.61. The highest BCUT2D eigenvalue weighted by atomic mass is 35.5. The van der Waals surface area contributed by atoms with Gasteiger partial charge in [0.1, 0.15) is 5.82 Å². The molecule has 106 valence electrons. The number of benzene rings is 2. The number of nitrogens with one attached hydrogen (secondary N) is 1. The summed E-state index contributed by atoms with van der Waals surface area (Å²) in [6.45, 7) is 2.66. The molecule has 3 rings (SSSR count). The van der Waals surface area contributed by atoms with Gasteiger partial charge < -0.3 is 5.32 Å². The summed E-state index contributed by atoms with van der Waals surface area (Å²) in [5.41, 5.74) is 1.18. The topological polar surface area (TPSA) is 46.9 Å². The SMILES string of the molecule is CCNc1nc(=O)n(-c2ccccc2)c2cc(Cl)ccc12. The predicted molar refractivity (Wildman–Crippen MR) is 86.5 cm³/mol. The molecule has 1 heterocycles. The monoisotopic (exact) mass is 299 g/mol. The highest BCUT2D eigenvalue weighted by Crippen LogP contribution is 2.25. The fourth-order valence-corrected chi connectivity index (χ4v) is 2.49. The molecule has 0 aliphatic heterocycles. The number of nitrogens with zero attached hydrogens (tertiary/aromatic N) is 2. The standard InChI is InChI=1S/C16H14ClN3O/c1-2-18-15-13-9-8-11(17)10-14(13)20(16(21)19-15)12-6-4-3-5-7-12/h3-10H,2H2,1H3,(H,18,19,21). The van der Waals surface area contributed by atoms with E-state index in [0.717, 1.165) is 16.6 Å². The van der Waals surface area contributed by atoms with Gasteiger partial charge in [0.15, 0.2) is 0 Å². The number of aromatic nitrogens is 2. The minimum absolute atomic E-state index is 0.327. The molecule has 0 saturated carbocycles. The summed E-state index contributed by atoms with van der Waals surface area (Å²) in [5, 5.41) is 4.57. The largest absolute Gasteiger partial charge is 0.370 e. The lowest BCUT2D eigenvalue weighted by molar-refractivity contribution is 0.956. The first-order valence-corrected chi connectivity index (χ1v) is 7.10. The van der Waals surface area contributed by atoms with E-state index in [0.29, 0.717) is 17.4 Å². The summed E-state index contributed by atoms with van der Waals surface area (Å²) in [6, 6.07) is 14.9. The van der Waals surface area contributed by atoms with Crippen molar-refractivity contribution < 1.29 is 0 Å². The van der Waals surface area contributed by atoms with Crippen molar-refractivity contribution in [3.63, 3.8) is 0 Å². The van der Waals surface area contributed by atoms with Gasteiger partial charge in [-0.05, 0) is 37.3 Å². The average molecular weight is 300 g/mol. The quantitative estimate of drug-likeness (QED) is 0.805. The van der Waals surface area contributed by atoms with Gasteiger partial charge in [-0.15, -0.1) is 0 Å². The van der Waals surface area contributed by atoms with Crippen LogP contribution in [0.15, 0.2) is 53.3 Å². The summed E-state index contributed by atoms with van der Waals surface area (Å²) < 4.78 is 1.57. The molecule has 0 saturated heterocycles. The van der Waals surface area contributed by atoms with Crippen LogP contribution in [0, 0.1) is 0 Å². The second kappa shape index (κ2) is 5.58. The van der Waals surface area contributed by atoms with E-state index in [1.54, 1.807) is 16.7 Å². The van der Waals surface area contributed by atoms with Crippen molar-refractivity contribution in [2.75, 3.05) is 11.9 Å². The van der Waals surface area contributed by atoms with E-state index in [-0.39, 0.29) is 5.69 Å². The van der Waals surface area contributed by atoms with Crippen molar-refractivity contribution >= 4 is 28.3 Å². The number of hydrogen-bond acceptors (Lipinski definition) is 3. The molecule has 0 atom stereocenters. The molecule has 0 aliphatic rings. The number of fused-ring (bicyclic) bond motifs is 1. The minimum atomic E-state index is -0.327. The Hall–Kier alpha value is -2.33. The lowest BCUT2D eigenvalue weighted by atomic mass is 10.2. The van der Waals surface area contributed by atoms with Gasteiger partial charge in [-0.1, -0.05) is 29.8 Å². The van der Waals surface area contributed by atoms with E-state index in [9.17, 15) is 4.79 Å². The van der Waals surface area contributed by atoms with Crippen molar-refractivity contribution in [2.45, 2.75) is 6.92 Å². The molecular weight excluding hydrogens is 286 g/mol. The molecule has 0 fully saturated rings. The zero-order valence-corrected chi connectivity index (χ0v) is 12.3.